The van der Waals surface area contributed by atoms with Gasteiger partial charge in [-0.05, 0) is 37.4 Å². The van der Waals surface area contributed by atoms with Crippen LogP contribution < -0.4 is 5.32 Å². The van der Waals surface area contributed by atoms with Gasteiger partial charge >= 0.3 is 0 Å². The van der Waals surface area contributed by atoms with Crippen molar-refractivity contribution in [1.82, 2.24) is 5.32 Å². The third-order valence-electron chi connectivity index (χ3n) is 3.13. The molecular formula is C16H27NO2. The zero-order valence-corrected chi connectivity index (χ0v) is 12.4. The van der Waals surface area contributed by atoms with E-state index < -0.39 is 0 Å². The van der Waals surface area contributed by atoms with E-state index in [0.29, 0.717) is 6.61 Å². The molecule has 19 heavy (non-hydrogen) atoms. The molecule has 0 amide bonds. The summed E-state index contributed by atoms with van der Waals surface area (Å²) >= 11 is 0. The molecule has 0 aliphatic carbocycles. The first-order chi connectivity index (χ1) is 9.29. The Morgan fingerprint density at radius 3 is 2.68 bits per heavy atom. The lowest BCUT2D eigenvalue weighted by Crippen LogP contribution is -2.27. The number of aryl methyl sites for hydroxylation is 1. The Balaban J connectivity index is 2.49. The van der Waals surface area contributed by atoms with E-state index in [1.807, 2.05) is 0 Å². The van der Waals surface area contributed by atoms with Gasteiger partial charge in [0.15, 0.2) is 0 Å². The van der Waals surface area contributed by atoms with Gasteiger partial charge < -0.3 is 14.8 Å². The van der Waals surface area contributed by atoms with Gasteiger partial charge in [-0.15, -0.1) is 0 Å². The van der Waals surface area contributed by atoms with Gasteiger partial charge in [0.2, 0.25) is 0 Å². The zero-order valence-electron chi connectivity index (χ0n) is 12.4. The molecule has 1 aromatic rings. The van der Waals surface area contributed by atoms with Gasteiger partial charge in [0, 0.05) is 20.3 Å². The molecule has 0 heterocycles. The SMILES string of the molecule is CCCNC(COCCCOC)c1ccccc1C. The highest BCUT2D eigenvalue weighted by Gasteiger charge is 2.12. The van der Waals surface area contributed by atoms with E-state index in [9.17, 15) is 0 Å². The van der Waals surface area contributed by atoms with Crippen LogP contribution in [0.2, 0.25) is 0 Å². The minimum absolute atomic E-state index is 0.281. The van der Waals surface area contributed by atoms with E-state index in [1.54, 1.807) is 7.11 Å². The predicted molar refractivity (Wildman–Crippen MR) is 79.5 cm³/mol. The molecule has 0 bridgehead atoms. The minimum Gasteiger partial charge on any atom is -0.385 e. The van der Waals surface area contributed by atoms with Gasteiger partial charge in [0.05, 0.1) is 12.6 Å². The lowest BCUT2D eigenvalue weighted by molar-refractivity contribution is 0.0873. The summed E-state index contributed by atoms with van der Waals surface area (Å²) in [4.78, 5) is 0. The lowest BCUT2D eigenvalue weighted by atomic mass is 10.0. The first-order valence-electron chi connectivity index (χ1n) is 7.15. The van der Waals surface area contributed by atoms with Crippen molar-refractivity contribution < 1.29 is 9.47 Å². The maximum atomic E-state index is 5.76. The fourth-order valence-corrected chi connectivity index (χ4v) is 2.06. The molecule has 1 unspecified atom stereocenters. The summed E-state index contributed by atoms with van der Waals surface area (Å²) in [7, 11) is 1.72. The number of methoxy groups -OCH3 is 1. The molecule has 108 valence electrons. The predicted octanol–water partition coefficient (Wildman–Crippen LogP) is 3.09. The van der Waals surface area contributed by atoms with Crippen molar-refractivity contribution in [2.45, 2.75) is 32.7 Å². The second-order valence-electron chi connectivity index (χ2n) is 4.78. The topological polar surface area (TPSA) is 30.5 Å². The van der Waals surface area contributed by atoms with Crippen LogP contribution in [-0.4, -0.2) is 33.5 Å². The number of rotatable bonds is 10. The summed E-state index contributed by atoms with van der Waals surface area (Å²) in [5.41, 5.74) is 2.65. The van der Waals surface area contributed by atoms with Crippen molar-refractivity contribution in [1.29, 1.82) is 0 Å². The molecule has 1 aromatic carbocycles. The molecule has 0 saturated carbocycles. The van der Waals surface area contributed by atoms with Gasteiger partial charge in [0.25, 0.3) is 0 Å². The molecule has 0 radical (unpaired) electrons. The van der Waals surface area contributed by atoms with E-state index in [0.717, 1.165) is 32.6 Å². The molecule has 0 spiro atoms. The molecule has 0 aromatic heterocycles. The van der Waals surface area contributed by atoms with Crippen molar-refractivity contribution in [3.63, 3.8) is 0 Å². The second kappa shape index (κ2) is 9.96. The maximum absolute atomic E-state index is 5.76. The third-order valence-corrected chi connectivity index (χ3v) is 3.13. The van der Waals surface area contributed by atoms with E-state index in [1.165, 1.54) is 11.1 Å². The molecule has 3 heteroatoms. The molecule has 1 atom stereocenters. The summed E-state index contributed by atoms with van der Waals surface area (Å²) in [5, 5.41) is 3.56. The monoisotopic (exact) mass is 265 g/mol. The average molecular weight is 265 g/mol. The highest BCUT2D eigenvalue weighted by Crippen LogP contribution is 2.17. The summed E-state index contributed by atoms with van der Waals surface area (Å²) < 4.78 is 10.8. The fraction of sp³-hybridized carbons (Fsp3) is 0.625. The van der Waals surface area contributed by atoms with Crippen molar-refractivity contribution >= 4 is 0 Å². The number of ether oxygens (including phenoxy) is 2. The van der Waals surface area contributed by atoms with Crippen LogP contribution in [0.25, 0.3) is 0 Å². The number of hydrogen-bond donors (Lipinski definition) is 1. The summed E-state index contributed by atoms with van der Waals surface area (Å²) in [6, 6.07) is 8.79. The van der Waals surface area contributed by atoms with Gasteiger partial charge in [-0.1, -0.05) is 31.2 Å². The molecule has 0 aliphatic rings. The first kappa shape index (κ1) is 16.2. The van der Waals surface area contributed by atoms with Crippen LogP contribution in [0.3, 0.4) is 0 Å². The molecule has 3 nitrogen and oxygen atoms in total. The second-order valence-corrected chi connectivity index (χ2v) is 4.78. The highest BCUT2D eigenvalue weighted by molar-refractivity contribution is 5.28. The quantitative estimate of drug-likeness (QED) is 0.659. The van der Waals surface area contributed by atoms with Crippen molar-refractivity contribution in [2.24, 2.45) is 0 Å². The fourth-order valence-electron chi connectivity index (χ4n) is 2.06. The Labute approximate surface area is 117 Å². The maximum Gasteiger partial charge on any atom is 0.0661 e. The van der Waals surface area contributed by atoms with Crippen LogP contribution in [0.1, 0.15) is 36.9 Å². The minimum atomic E-state index is 0.281. The summed E-state index contributed by atoms with van der Waals surface area (Å²) in [6.45, 7) is 7.58. The molecular weight excluding hydrogens is 238 g/mol. The Morgan fingerprint density at radius 1 is 1.21 bits per heavy atom. The van der Waals surface area contributed by atoms with E-state index in [2.05, 4.69) is 43.4 Å². The van der Waals surface area contributed by atoms with Crippen LogP contribution in [0.5, 0.6) is 0 Å². The Morgan fingerprint density at radius 2 is 2.00 bits per heavy atom. The zero-order chi connectivity index (χ0) is 13.9. The van der Waals surface area contributed by atoms with E-state index in [-0.39, 0.29) is 6.04 Å². The van der Waals surface area contributed by atoms with Gasteiger partial charge in [-0.2, -0.15) is 0 Å². The third kappa shape index (κ3) is 6.19. The molecule has 1 N–H and O–H groups in total. The van der Waals surface area contributed by atoms with Gasteiger partial charge in [-0.3, -0.25) is 0 Å². The lowest BCUT2D eigenvalue weighted by Gasteiger charge is -2.21. The Bertz CT molecular complexity index is 341. The van der Waals surface area contributed by atoms with Crippen molar-refractivity contribution in [2.75, 3.05) is 33.5 Å². The van der Waals surface area contributed by atoms with Gasteiger partial charge in [-0.25, -0.2) is 0 Å². The molecule has 0 saturated heterocycles. The van der Waals surface area contributed by atoms with Crippen LogP contribution in [0, 0.1) is 6.92 Å². The standard InChI is InChI=1S/C16H27NO2/c1-4-10-17-16(13-19-12-7-11-18-3)15-9-6-5-8-14(15)2/h5-6,8-9,16-17H,4,7,10-13H2,1-3H3. The summed E-state index contributed by atoms with van der Waals surface area (Å²) in [5.74, 6) is 0. The van der Waals surface area contributed by atoms with Crippen LogP contribution >= 0.6 is 0 Å². The Hall–Kier alpha value is -0.900. The largest absolute Gasteiger partial charge is 0.385 e. The van der Waals surface area contributed by atoms with Crippen LogP contribution in [0.15, 0.2) is 24.3 Å². The van der Waals surface area contributed by atoms with Crippen molar-refractivity contribution in [3.8, 4) is 0 Å². The summed E-state index contributed by atoms with van der Waals surface area (Å²) in [6.07, 6.45) is 2.08. The normalized spacial score (nSPS) is 12.6. The smallest absolute Gasteiger partial charge is 0.0661 e. The molecule has 1 rings (SSSR count). The highest BCUT2D eigenvalue weighted by atomic mass is 16.5. The number of nitrogens with one attached hydrogen (secondary N) is 1. The van der Waals surface area contributed by atoms with Crippen LogP contribution in [0.4, 0.5) is 0 Å². The van der Waals surface area contributed by atoms with Crippen LogP contribution in [-0.2, 0) is 9.47 Å². The molecule has 0 aliphatic heterocycles. The van der Waals surface area contributed by atoms with E-state index in [4.69, 9.17) is 9.47 Å². The first-order valence-corrected chi connectivity index (χ1v) is 7.15. The van der Waals surface area contributed by atoms with Crippen molar-refractivity contribution in [3.05, 3.63) is 35.4 Å². The average Bonchev–Trinajstić information content (AvgIpc) is 2.43. The number of hydrogen-bond acceptors (Lipinski definition) is 3. The van der Waals surface area contributed by atoms with E-state index >= 15 is 0 Å². The molecule has 0 fully saturated rings. The van der Waals surface area contributed by atoms with Gasteiger partial charge in [0.1, 0.15) is 0 Å². The number of benzene rings is 1. The Kier molecular flexibility index (Phi) is 8.47.